The van der Waals surface area contributed by atoms with Crippen molar-refractivity contribution in [2.45, 2.75) is 0 Å². The van der Waals surface area contributed by atoms with Crippen molar-refractivity contribution in [1.82, 2.24) is 0 Å². The van der Waals surface area contributed by atoms with Crippen molar-refractivity contribution in [2.75, 3.05) is 0 Å². The predicted octanol–water partition coefficient (Wildman–Crippen LogP) is 13.2. The van der Waals surface area contributed by atoms with Gasteiger partial charge in [-0.25, -0.2) is 0 Å². The number of hydrogen-bond acceptors (Lipinski definition) is 1. The van der Waals surface area contributed by atoms with Crippen molar-refractivity contribution < 1.29 is 4.42 Å². The summed E-state index contributed by atoms with van der Waals surface area (Å²) < 4.78 is 6.58. The van der Waals surface area contributed by atoms with Crippen molar-refractivity contribution in [3.05, 3.63) is 170 Å². The first-order valence-electron chi connectivity index (χ1n) is 16.2. The predicted molar refractivity (Wildman–Crippen MR) is 199 cm³/mol. The molecule has 0 bridgehead atoms. The molecule has 0 unspecified atom stereocenters. The third kappa shape index (κ3) is 4.03. The molecule has 0 fully saturated rings. The molecule has 0 saturated heterocycles. The second-order valence-electron chi connectivity index (χ2n) is 12.5. The lowest BCUT2D eigenvalue weighted by Crippen LogP contribution is -1.90. The summed E-state index contributed by atoms with van der Waals surface area (Å²) in [5, 5.41) is 9.99. The summed E-state index contributed by atoms with van der Waals surface area (Å²) in [6, 6.07) is 61.5. The van der Waals surface area contributed by atoms with E-state index in [9.17, 15) is 0 Å². The Bertz CT molecular complexity index is 2770. The van der Waals surface area contributed by atoms with Crippen molar-refractivity contribution in [1.29, 1.82) is 0 Å². The zero-order valence-electron chi connectivity index (χ0n) is 25.6. The highest BCUT2D eigenvalue weighted by atomic mass is 16.3. The van der Waals surface area contributed by atoms with Crippen LogP contribution in [-0.4, -0.2) is 0 Å². The molecule has 47 heavy (non-hydrogen) atoms. The molecule has 0 spiro atoms. The average molecular weight is 597 g/mol. The summed E-state index contributed by atoms with van der Waals surface area (Å²) in [6.07, 6.45) is 0. The Morgan fingerprint density at radius 3 is 1.60 bits per heavy atom. The molecule has 1 aromatic heterocycles. The van der Waals surface area contributed by atoms with Gasteiger partial charge in [0.15, 0.2) is 0 Å². The molecule has 0 radical (unpaired) electrons. The molecular weight excluding hydrogens is 569 g/mol. The zero-order valence-corrected chi connectivity index (χ0v) is 25.6. The lowest BCUT2D eigenvalue weighted by Gasteiger charge is -2.17. The lowest BCUT2D eigenvalue weighted by molar-refractivity contribution is 0.669. The normalized spacial score (nSPS) is 11.8. The van der Waals surface area contributed by atoms with E-state index in [0.717, 1.165) is 27.5 Å². The standard InChI is InChI=1S/C46H28O/c1-3-10-29(11-4-1)33-14-9-15-34(26-33)35-27-41(46-40-16-7-8-17-42(40)47-43(46)28-35)37-23-19-32-20-24-38-36(30-12-5-2-6-13-30)22-18-31-21-25-39(37)45(32)44(31)38/h1-28H. The Kier molecular flexibility index (Phi) is 5.64. The fourth-order valence-electron chi connectivity index (χ4n) is 7.65. The fourth-order valence-corrected chi connectivity index (χ4v) is 7.65. The van der Waals surface area contributed by atoms with Crippen LogP contribution in [0.5, 0.6) is 0 Å². The minimum atomic E-state index is 0.904. The summed E-state index contributed by atoms with van der Waals surface area (Å²) >= 11 is 0. The Hall–Kier alpha value is -6.18. The van der Waals surface area contributed by atoms with Gasteiger partial charge in [-0.3, -0.25) is 0 Å². The van der Waals surface area contributed by atoms with E-state index >= 15 is 0 Å². The molecule has 0 atom stereocenters. The molecule has 0 N–H and O–H groups in total. The highest BCUT2D eigenvalue weighted by molar-refractivity contribution is 6.29. The van der Waals surface area contributed by atoms with Gasteiger partial charge in [0.1, 0.15) is 11.2 Å². The third-order valence-electron chi connectivity index (χ3n) is 9.82. The average Bonchev–Trinajstić information content (AvgIpc) is 3.53. The highest BCUT2D eigenvalue weighted by Crippen LogP contribution is 2.46. The Labute approximate surface area is 272 Å². The number of para-hydroxylation sites is 1. The lowest BCUT2D eigenvalue weighted by atomic mass is 9.86. The molecular formula is C46H28O. The van der Waals surface area contributed by atoms with E-state index in [1.807, 2.05) is 0 Å². The van der Waals surface area contributed by atoms with Crippen molar-refractivity contribution in [2.24, 2.45) is 0 Å². The molecule has 0 aliphatic rings. The SMILES string of the molecule is c1ccc(-c2cccc(-c3cc(-c4ccc5ccc6c(-c7ccccc7)ccc7ccc4c5c76)c4c(c3)oc3ccccc34)c2)cc1. The minimum absolute atomic E-state index is 0.904. The van der Waals surface area contributed by atoms with Crippen LogP contribution in [0.2, 0.25) is 0 Å². The molecule has 1 heterocycles. The maximum Gasteiger partial charge on any atom is 0.136 e. The van der Waals surface area contributed by atoms with Gasteiger partial charge in [-0.2, -0.15) is 0 Å². The number of fused-ring (bicyclic) bond motifs is 3. The van der Waals surface area contributed by atoms with Gasteiger partial charge in [-0.1, -0.05) is 146 Å². The summed E-state index contributed by atoms with van der Waals surface area (Å²) in [5.41, 5.74) is 11.4. The Morgan fingerprint density at radius 2 is 0.851 bits per heavy atom. The van der Waals surface area contributed by atoms with Crippen LogP contribution in [-0.2, 0) is 0 Å². The minimum Gasteiger partial charge on any atom is -0.456 e. The molecule has 10 aromatic rings. The molecule has 0 saturated carbocycles. The molecule has 0 aliphatic heterocycles. The van der Waals surface area contributed by atoms with Gasteiger partial charge in [0, 0.05) is 10.8 Å². The number of furan rings is 1. The summed E-state index contributed by atoms with van der Waals surface area (Å²) in [4.78, 5) is 0. The smallest absolute Gasteiger partial charge is 0.136 e. The van der Waals surface area contributed by atoms with Crippen molar-refractivity contribution >= 4 is 54.3 Å². The highest BCUT2D eigenvalue weighted by Gasteiger charge is 2.19. The first kappa shape index (κ1) is 26.1. The van der Waals surface area contributed by atoms with Crippen LogP contribution in [0, 0.1) is 0 Å². The number of hydrogen-bond donors (Lipinski definition) is 0. The summed E-state index contributed by atoms with van der Waals surface area (Å²) in [5.74, 6) is 0. The quantitative estimate of drug-likeness (QED) is 0.184. The third-order valence-corrected chi connectivity index (χ3v) is 9.82. The van der Waals surface area contributed by atoms with Crippen LogP contribution >= 0.6 is 0 Å². The molecule has 1 heteroatoms. The zero-order chi connectivity index (χ0) is 30.9. The van der Waals surface area contributed by atoms with Gasteiger partial charge in [0.2, 0.25) is 0 Å². The topological polar surface area (TPSA) is 13.1 Å². The van der Waals surface area contributed by atoms with Crippen molar-refractivity contribution in [3.63, 3.8) is 0 Å². The Balaban J connectivity index is 1.27. The number of benzene rings is 9. The van der Waals surface area contributed by atoms with E-state index in [-0.39, 0.29) is 0 Å². The first-order valence-corrected chi connectivity index (χ1v) is 16.2. The van der Waals surface area contributed by atoms with E-state index in [2.05, 4.69) is 170 Å². The van der Waals surface area contributed by atoms with E-state index < -0.39 is 0 Å². The van der Waals surface area contributed by atoms with E-state index in [4.69, 9.17) is 4.42 Å². The van der Waals surface area contributed by atoms with Gasteiger partial charge in [-0.05, 0) is 101 Å². The van der Waals surface area contributed by atoms with Crippen LogP contribution in [0.25, 0.3) is 98.8 Å². The first-order chi connectivity index (χ1) is 23.3. The van der Waals surface area contributed by atoms with Crippen LogP contribution in [0.15, 0.2) is 174 Å². The Morgan fingerprint density at radius 1 is 0.277 bits per heavy atom. The molecule has 10 rings (SSSR count). The van der Waals surface area contributed by atoms with E-state index in [1.54, 1.807) is 0 Å². The summed E-state index contributed by atoms with van der Waals surface area (Å²) in [6.45, 7) is 0. The second-order valence-corrected chi connectivity index (χ2v) is 12.5. The van der Waals surface area contributed by atoms with Crippen LogP contribution < -0.4 is 0 Å². The van der Waals surface area contributed by atoms with Gasteiger partial charge < -0.3 is 4.42 Å². The molecule has 9 aromatic carbocycles. The maximum atomic E-state index is 6.58. The van der Waals surface area contributed by atoms with Crippen LogP contribution in [0.3, 0.4) is 0 Å². The fraction of sp³-hybridized carbons (Fsp3) is 0. The monoisotopic (exact) mass is 596 g/mol. The van der Waals surface area contributed by atoms with E-state index in [0.29, 0.717) is 0 Å². The molecule has 0 aliphatic carbocycles. The van der Waals surface area contributed by atoms with Crippen LogP contribution in [0.1, 0.15) is 0 Å². The van der Waals surface area contributed by atoms with Gasteiger partial charge in [0.05, 0.1) is 0 Å². The van der Waals surface area contributed by atoms with E-state index in [1.165, 1.54) is 71.3 Å². The van der Waals surface area contributed by atoms with Gasteiger partial charge in [0.25, 0.3) is 0 Å². The number of rotatable bonds is 4. The van der Waals surface area contributed by atoms with Gasteiger partial charge >= 0.3 is 0 Å². The molecule has 0 amide bonds. The van der Waals surface area contributed by atoms with Crippen molar-refractivity contribution in [3.8, 4) is 44.5 Å². The second kappa shape index (κ2) is 10.2. The molecule has 1 nitrogen and oxygen atoms in total. The molecule has 218 valence electrons. The largest absolute Gasteiger partial charge is 0.456 e. The van der Waals surface area contributed by atoms with Crippen LogP contribution in [0.4, 0.5) is 0 Å². The van der Waals surface area contributed by atoms with Gasteiger partial charge in [-0.15, -0.1) is 0 Å². The summed E-state index contributed by atoms with van der Waals surface area (Å²) in [7, 11) is 0. The maximum absolute atomic E-state index is 6.58.